The summed E-state index contributed by atoms with van der Waals surface area (Å²) in [5.41, 5.74) is 0.626. The second kappa shape index (κ2) is 7.73. The van der Waals surface area contributed by atoms with Crippen LogP contribution in [0.25, 0.3) is 6.08 Å². The molecule has 1 aliphatic rings. The van der Waals surface area contributed by atoms with Crippen LogP contribution in [0.3, 0.4) is 0 Å². The number of rotatable bonds is 5. The van der Waals surface area contributed by atoms with Gasteiger partial charge in [-0.1, -0.05) is 23.7 Å². The molecular formula is C18H11ClN2O5S. The van der Waals surface area contributed by atoms with Crippen molar-refractivity contribution in [3.05, 3.63) is 79.7 Å². The molecule has 0 N–H and O–H groups in total. The summed E-state index contributed by atoms with van der Waals surface area (Å²) < 4.78 is 0. The molecule has 0 atom stereocenters. The van der Waals surface area contributed by atoms with Crippen LogP contribution < -0.4 is 0 Å². The molecule has 2 aromatic rings. The molecule has 1 fully saturated rings. The number of ketones is 1. The standard InChI is InChI=1S/C18H11ClN2O5S/c19-13-6-4-12(5-7-13)15(22)10-20-17(23)16(27-18(20)24)9-11-2-1-3-14(8-11)21(25)26/h1-9H,10H2/b16-9+. The lowest BCUT2D eigenvalue weighted by Crippen LogP contribution is -2.33. The van der Waals surface area contributed by atoms with Gasteiger partial charge >= 0.3 is 0 Å². The van der Waals surface area contributed by atoms with E-state index in [2.05, 4.69) is 0 Å². The summed E-state index contributed by atoms with van der Waals surface area (Å²) >= 11 is 6.46. The van der Waals surface area contributed by atoms with Crippen LogP contribution in [0.2, 0.25) is 5.02 Å². The Bertz CT molecular complexity index is 988. The van der Waals surface area contributed by atoms with Crippen LogP contribution in [-0.2, 0) is 4.79 Å². The van der Waals surface area contributed by atoms with Crippen molar-refractivity contribution in [1.29, 1.82) is 0 Å². The summed E-state index contributed by atoms with van der Waals surface area (Å²) in [5.74, 6) is -1.01. The predicted molar refractivity (Wildman–Crippen MR) is 102 cm³/mol. The number of carbonyl (C=O) groups excluding carboxylic acids is 3. The molecular weight excluding hydrogens is 392 g/mol. The fraction of sp³-hybridized carbons (Fsp3) is 0.0556. The summed E-state index contributed by atoms with van der Waals surface area (Å²) in [6, 6.07) is 11.8. The van der Waals surface area contributed by atoms with E-state index in [-0.39, 0.29) is 10.6 Å². The van der Waals surface area contributed by atoms with E-state index in [9.17, 15) is 24.5 Å². The number of benzene rings is 2. The van der Waals surface area contributed by atoms with Gasteiger partial charge in [0.25, 0.3) is 16.8 Å². The molecule has 27 heavy (non-hydrogen) atoms. The highest BCUT2D eigenvalue weighted by Gasteiger charge is 2.36. The third kappa shape index (κ3) is 4.24. The van der Waals surface area contributed by atoms with Crippen LogP contribution in [0.1, 0.15) is 15.9 Å². The molecule has 0 radical (unpaired) electrons. The van der Waals surface area contributed by atoms with Gasteiger partial charge in [-0.05, 0) is 47.7 Å². The molecule has 7 nitrogen and oxygen atoms in total. The van der Waals surface area contributed by atoms with Crippen molar-refractivity contribution < 1.29 is 19.3 Å². The molecule has 0 aliphatic carbocycles. The van der Waals surface area contributed by atoms with Crippen LogP contribution in [0, 0.1) is 10.1 Å². The molecule has 2 amide bonds. The van der Waals surface area contributed by atoms with Gasteiger partial charge < -0.3 is 0 Å². The molecule has 0 saturated carbocycles. The Morgan fingerprint density at radius 2 is 1.89 bits per heavy atom. The zero-order valence-electron chi connectivity index (χ0n) is 13.6. The zero-order chi connectivity index (χ0) is 19.6. The Hall–Kier alpha value is -2.97. The SMILES string of the molecule is O=C(CN1C(=O)S/C(=C/c2cccc([N+](=O)[O-])c2)C1=O)c1ccc(Cl)cc1. The van der Waals surface area contributed by atoms with Crippen molar-refractivity contribution >= 4 is 52.1 Å². The first-order valence-electron chi connectivity index (χ1n) is 7.64. The van der Waals surface area contributed by atoms with Crippen molar-refractivity contribution in [1.82, 2.24) is 4.90 Å². The van der Waals surface area contributed by atoms with Gasteiger partial charge in [0.1, 0.15) is 0 Å². The number of imide groups is 1. The van der Waals surface area contributed by atoms with E-state index >= 15 is 0 Å². The van der Waals surface area contributed by atoms with E-state index in [0.29, 0.717) is 27.9 Å². The summed E-state index contributed by atoms with van der Waals surface area (Å²) in [6.07, 6.45) is 1.39. The van der Waals surface area contributed by atoms with Gasteiger partial charge in [0.15, 0.2) is 5.78 Å². The summed E-state index contributed by atoms with van der Waals surface area (Å²) in [4.78, 5) is 48.1. The number of carbonyl (C=O) groups is 3. The second-order valence-corrected chi connectivity index (χ2v) is 6.98. The number of amides is 2. The molecule has 0 aromatic heterocycles. The van der Waals surface area contributed by atoms with Crippen LogP contribution in [0.15, 0.2) is 53.4 Å². The van der Waals surface area contributed by atoms with Gasteiger partial charge in [-0.15, -0.1) is 0 Å². The Labute approximate surface area is 162 Å². The molecule has 3 rings (SSSR count). The maximum atomic E-state index is 12.5. The number of halogens is 1. The van der Waals surface area contributed by atoms with Gasteiger partial charge in [0.2, 0.25) is 0 Å². The topological polar surface area (TPSA) is 97.6 Å². The van der Waals surface area contributed by atoms with Crippen LogP contribution in [0.4, 0.5) is 10.5 Å². The zero-order valence-corrected chi connectivity index (χ0v) is 15.2. The van der Waals surface area contributed by atoms with Crippen LogP contribution >= 0.6 is 23.4 Å². The minimum absolute atomic E-state index is 0.101. The fourth-order valence-electron chi connectivity index (χ4n) is 2.39. The Morgan fingerprint density at radius 1 is 1.19 bits per heavy atom. The predicted octanol–water partition coefficient (Wildman–Crippen LogP) is 4.17. The van der Waals surface area contributed by atoms with E-state index in [4.69, 9.17) is 11.6 Å². The minimum Gasteiger partial charge on any atom is -0.292 e. The van der Waals surface area contributed by atoms with Crippen molar-refractivity contribution in [2.75, 3.05) is 6.54 Å². The van der Waals surface area contributed by atoms with Crippen molar-refractivity contribution in [3.63, 3.8) is 0 Å². The third-order valence-corrected chi connectivity index (χ3v) is 4.88. The quantitative estimate of drug-likeness (QED) is 0.322. The Kier molecular flexibility index (Phi) is 5.38. The van der Waals surface area contributed by atoms with Gasteiger partial charge in [0, 0.05) is 22.7 Å². The Balaban J connectivity index is 1.78. The van der Waals surface area contributed by atoms with E-state index < -0.39 is 28.4 Å². The monoisotopic (exact) mass is 402 g/mol. The number of nitro groups is 1. The van der Waals surface area contributed by atoms with E-state index in [1.807, 2.05) is 0 Å². The summed E-state index contributed by atoms with van der Waals surface area (Å²) in [5, 5.41) is 10.7. The van der Waals surface area contributed by atoms with Crippen molar-refractivity contribution in [2.45, 2.75) is 0 Å². The first-order valence-corrected chi connectivity index (χ1v) is 8.83. The van der Waals surface area contributed by atoms with E-state index in [1.54, 1.807) is 18.2 Å². The van der Waals surface area contributed by atoms with Gasteiger partial charge in [0.05, 0.1) is 16.4 Å². The van der Waals surface area contributed by atoms with E-state index in [1.165, 1.54) is 36.4 Å². The molecule has 0 unspecified atom stereocenters. The number of hydrogen-bond acceptors (Lipinski definition) is 6. The highest BCUT2D eigenvalue weighted by Crippen LogP contribution is 2.32. The highest BCUT2D eigenvalue weighted by molar-refractivity contribution is 8.18. The van der Waals surface area contributed by atoms with Crippen LogP contribution in [-0.4, -0.2) is 33.3 Å². The maximum Gasteiger partial charge on any atom is 0.293 e. The normalized spacial score (nSPS) is 15.4. The lowest BCUT2D eigenvalue weighted by molar-refractivity contribution is -0.384. The first kappa shape index (κ1) is 18.8. The second-order valence-electron chi connectivity index (χ2n) is 5.55. The van der Waals surface area contributed by atoms with Gasteiger partial charge in [-0.25, -0.2) is 0 Å². The molecule has 0 spiro atoms. The number of nitro benzene ring substituents is 1. The fourth-order valence-corrected chi connectivity index (χ4v) is 3.35. The molecule has 1 saturated heterocycles. The van der Waals surface area contributed by atoms with E-state index in [0.717, 1.165) is 4.90 Å². The Morgan fingerprint density at radius 3 is 2.56 bits per heavy atom. The van der Waals surface area contributed by atoms with Gasteiger partial charge in [-0.3, -0.25) is 29.4 Å². The highest BCUT2D eigenvalue weighted by atomic mass is 35.5. The smallest absolute Gasteiger partial charge is 0.292 e. The van der Waals surface area contributed by atoms with Gasteiger partial charge in [-0.2, -0.15) is 0 Å². The average Bonchev–Trinajstić information content (AvgIpc) is 2.90. The maximum absolute atomic E-state index is 12.5. The van der Waals surface area contributed by atoms with Crippen molar-refractivity contribution in [3.8, 4) is 0 Å². The molecule has 136 valence electrons. The number of non-ortho nitro benzene ring substituents is 1. The number of hydrogen-bond donors (Lipinski definition) is 0. The summed E-state index contributed by atoms with van der Waals surface area (Å²) in [7, 11) is 0. The lowest BCUT2D eigenvalue weighted by Gasteiger charge is -2.11. The molecule has 1 heterocycles. The lowest BCUT2D eigenvalue weighted by atomic mass is 10.1. The summed E-state index contributed by atoms with van der Waals surface area (Å²) in [6.45, 7) is -0.390. The molecule has 1 aliphatic heterocycles. The van der Waals surface area contributed by atoms with Crippen molar-refractivity contribution in [2.24, 2.45) is 0 Å². The molecule has 2 aromatic carbocycles. The van der Waals surface area contributed by atoms with Crippen LogP contribution in [0.5, 0.6) is 0 Å². The molecule has 9 heteroatoms. The number of thioether (sulfide) groups is 1. The molecule has 0 bridgehead atoms. The number of nitrogens with zero attached hydrogens (tertiary/aromatic N) is 2. The number of Topliss-reactive ketones (excluding diaryl/α,β-unsaturated/α-hetero) is 1. The average molecular weight is 403 g/mol. The third-order valence-electron chi connectivity index (χ3n) is 3.72. The minimum atomic E-state index is -0.612. The first-order chi connectivity index (χ1) is 12.8. The largest absolute Gasteiger partial charge is 0.293 e.